The van der Waals surface area contributed by atoms with Crippen LogP contribution in [0.1, 0.15) is 55.6 Å². The monoisotopic (exact) mass is 382 g/mol. The van der Waals surface area contributed by atoms with Crippen LogP contribution in [-0.2, 0) is 17.9 Å². The fourth-order valence-electron chi connectivity index (χ4n) is 4.24. The average molecular weight is 383 g/mol. The van der Waals surface area contributed by atoms with Crippen molar-refractivity contribution in [2.45, 2.75) is 66.1 Å². The second-order valence-corrected chi connectivity index (χ2v) is 8.32. The highest BCUT2D eigenvalue weighted by atomic mass is 16.1. The van der Waals surface area contributed by atoms with E-state index in [1.807, 2.05) is 29.8 Å². The van der Waals surface area contributed by atoms with Gasteiger partial charge in [-0.15, -0.1) is 0 Å². The summed E-state index contributed by atoms with van der Waals surface area (Å²) in [4.78, 5) is 12.4. The van der Waals surface area contributed by atoms with Crippen LogP contribution in [0.2, 0.25) is 0 Å². The summed E-state index contributed by atoms with van der Waals surface area (Å²) in [6, 6.07) is 10.8. The van der Waals surface area contributed by atoms with Gasteiger partial charge >= 0.3 is 0 Å². The molecule has 2 N–H and O–H groups in total. The predicted molar refractivity (Wildman–Crippen MR) is 113 cm³/mol. The number of carbonyl (C=O) groups excluding carboxylic acids is 1. The molecular weight excluding hydrogens is 348 g/mol. The summed E-state index contributed by atoms with van der Waals surface area (Å²) < 4.78 is 2.02. The molecule has 1 aliphatic rings. The van der Waals surface area contributed by atoms with Crippen LogP contribution >= 0.6 is 0 Å². The molecule has 2 aromatic rings. The Morgan fingerprint density at radius 1 is 1.18 bits per heavy atom. The maximum absolute atomic E-state index is 12.4. The zero-order valence-electron chi connectivity index (χ0n) is 17.7. The highest BCUT2D eigenvalue weighted by Crippen LogP contribution is 2.29. The van der Waals surface area contributed by atoms with Crippen molar-refractivity contribution >= 4 is 5.91 Å². The Balaban J connectivity index is 1.52. The quantitative estimate of drug-likeness (QED) is 0.769. The van der Waals surface area contributed by atoms with E-state index in [1.165, 1.54) is 24.8 Å². The number of hydrogen-bond acceptors (Lipinski definition) is 3. The second-order valence-electron chi connectivity index (χ2n) is 8.32. The number of carbonyl (C=O) groups is 1. The molecular formula is C23H34N4O. The summed E-state index contributed by atoms with van der Waals surface area (Å²) in [5.74, 6) is 1.41. The Bertz CT molecular complexity index is 783. The number of nitrogens with one attached hydrogen (secondary N) is 2. The maximum Gasteiger partial charge on any atom is 0.234 e. The summed E-state index contributed by atoms with van der Waals surface area (Å²) in [6.45, 7) is 10.4. The molecule has 1 saturated carbocycles. The highest BCUT2D eigenvalue weighted by Gasteiger charge is 2.26. The lowest BCUT2D eigenvalue weighted by molar-refractivity contribution is -0.120. The molecule has 1 heterocycles. The van der Waals surface area contributed by atoms with E-state index in [-0.39, 0.29) is 5.91 Å². The van der Waals surface area contributed by atoms with Crippen LogP contribution in [0.5, 0.6) is 0 Å². The van der Waals surface area contributed by atoms with Gasteiger partial charge in [0.1, 0.15) is 0 Å². The molecule has 0 radical (unpaired) electrons. The third-order valence-electron chi connectivity index (χ3n) is 6.40. The van der Waals surface area contributed by atoms with Crippen molar-refractivity contribution < 1.29 is 4.79 Å². The highest BCUT2D eigenvalue weighted by molar-refractivity contribution is 5.78. The van der Waals surface area contributed by atoms with Gasteiger partial charge in [0.25, 0.3) is 0 Å². The van der Waals surface area contributed by atoms with Gasteiger partial charge in [0.05, 0.1) is 18.8 Å². The molecule has 3 rings (SSSR count). The van der Waals surface area contributed by atoms with Crippen molar-refractivity contribution in [3.05, 3.63) is 52.8 Å². The van der Waals surface area contributed by atoms with Crippen LogP contribution in [0, 0.1) is 25.7 Å². The molecule has 152 valence electrons. The molecule has 1 aromatic carbocycles. The molecule has 3 atom stereocenters. The van der Waals surface area contributed by atoms with E-state index >= 15 is 0 Å². The van der Waals surface area contributed by atoms with Crippen molar-refractivity contribution in [3.63, 3.8) is 0 Å². The Morgan fingerprint density at radius 3 is 2.68 bits per heavy atom. The first-order valence-corrected chi connectivity index (χ1v) is 10.5. The number of nitrogens with zero attached hydrogens (tertiary/aromatic N) is 2. The molecule has 1 fully saturated rings. The number of aromatic nitrogens is 2. The second kappa shape index (κ2) is 9.37. The Kier molecular flexibility index (Phi) is 6.89. The van der Waals surface area contributed by atoms with E-state index in [0.29, 0.717) is 25.0 Å². The minimum atomic E-state index is 0.0556. The molecule has 1 aliphatic carbocycles. The van der Waals surface area contributed by atoms with Gasteiger partial charge in [-0.25, -0.2) is 0 Å². The van der Waals surface area contributed by atoms with E-state index in [9.17, 15) is 4.79 Å². The normalized spacial score (nSPS) is 22.2. The minimum Gasteiger partial charge on any atom is -0.351 e. The third kappa shape index (κ3) is 5.02. The summed E-state index contributed by atoms with van der Waals surface area (Å²) in [7, 11) is 0. The first-order valence-electron chi connectivity index (χ1n) is 10.5. The summed E-state index contributed by atoms with van der Waals surface area (Å²) in [5.41, 5.74) is 4.44. The largest absolute Gasteiger partial charge is 0.351 e. The predicted octanol–water partition coefficient (Wildman–Crippen LogP) is 3.58. The van der Waals surface area contributed by atoms with Gasteiger partial charge in [0, 0.05) is 23.8 Å². The molecule has 5 heteroatoms. The molecule has 1 aromatic heterocycles. The van der Waals surface area contributed by atoms with Crippen molar-refractivity contribution in [1.82, 2.24) is 20.4 Å². The fraction of sp³-hybridized carbons (Fsp3) is 0.565. The summed E-state index contributed by atoms with van der Waals surface area (Å²) in [6.07, 6.45) is 3.73. The molecule has 1 amide bonds. The van der Waals surface area contributed by atoms with E-state index in [0.717, 1.165) is 29.4 Å². The van der Waals surface area contributed by atoms with Crippen LogP contribution in [0.3, 0.4) is 0 Å². The number of benzene rings is 1. The van der Waals surface area contributed by atoms with Gasteiger partial charge in [0.15, 0.2) is 0 Å². The fourth-order valence-corrected chi connectivity index (χ4v) is 4.24. The van der Waals surface area contributed by atoms with E-state index in [2.05, 4.69) is 48.6 Å². The SMILES string of the molecule is Cc1nn(Cc2ccccc2)c(C)c1CNC(=O)CNC1CCCC(C)C1C. The number of hydrogen-bond donors (Lipinski definition) is 2. The first kappa shape index (κ1) is 20.6. The van der Waals surface area contributed by atoms with Crippen LogP contribution in [-0.4, -0.2) is 28.3 Å². The third-order valence-corrected chi connectivity index (χ3v) is 6.40. The van der Waals surface area contributed by atoms with Crippen LogP contribution in [0.4, 0.5) is 0 Å². The lowest BCUT2D eigenvalue weighted by Gasteiger charge is -2.34. The molecule has 0 spiro atoms. The molecule has 3 unspecified atom stereocenters. The van der Waals surface area contributed by atoms with Gasteiger partial charge in [-0.3, -0.25) is 9.48 Å². The molecule has 5 nitrogen and oxygen atoms in total. The van der Waals surface area contributed by atoms with Crippen LogP contribution < -0.4 is 10.6 Å². The van der Waals surface area contributed by atoms with Crippen molar-refractivity contribution in [2.75, 3.05) is 6.54 Å². The van der Waals surface area contributed by atoms with Gasteiger partial charge in [-0.05, 0) is 37.7 Å². The van der Waals surface area contributed by atoms with Crippen molar-refractivity contribution in [3.8, 4) is 0 Å². The van der Waals surface area contributed by atoms with Gasteiger partial charge < -0.3 is 10.6 Å². The molecule has 0 aliphatic heterocycles. The zero-order chi connectivity index (χ0) is 20.1. The zero-order valence-corrected chi connectivity index (χ0v) is 17.7. The topological polar surface area (TPSA) is 59.0 Å². The van der Waals surface area contributed by atoms with Crippen LogP contribution in [0.15, 0.2) is 30.3 Å². The smallest absolute Gasteiger partial charge is 0.234 e. The van der Waals surface area contributed by atoms with E-state index in [1.54, 1.807) is 0 Å². The Labute approximate surface area is 168 Å². The molecule has 28 heavy (non-hydrogen) atoms. The Morgan fingerprint density at radius 2 is 1.93 bits per heavy atom. The lowest BCUT2D eigenvalue weighted by Crippen LogP contribution is -2.45. The molecule has 0 saturated heterocycles. The van der Waals surface area contributed by atoms with E-state index < -0.39 is 0 Å². The number of aryl methyl sites for hydroxylation is 1. The van der Waals surface area contributed by atoms with E-state index in [4.69, 9.17) is 0 Å². The molecule has 0 bridgehead atoms. The van der Waals surface area contributed by atoms with Crippen molar-refractivity contribution in [2.24, 2.45) is 11.8 Å². The maximum atomic E-state index is 12.4. The summed E-state index contributed by atoms with van der Waals surface area (Å²) in [5, 5.41) is 11.2. The van der Waals surface area contributed by atoms with Crippen molar-refractivity contribution in [1.29, 1.82) is 0 Å². The minimum absolute atomic E-state index is 0.0556. The summed E-state index contributed by atoms with van der Waals surface area (Å²) >= 11 is 0. The van der Waals surface area contributed by atoms with Crippen LogP contribution in [0.25, 0.3) is 0 Å². The van der Waals surface area contributed by atoms with Gasteiger partial charge in [-0.1, -0.05) is 57.0 Å². The standard InChI is InChI=1S/C23H34N4O/c1-16-9-8-12-22(17(16)2)24-14-23(28)25-13-21-18(3)26-27(19(21)4)15-20-10-6-5-7-11-20/h5-7,10-11,16-17,22,24H,8-9,12-15H2,1-4H3,(H,25,28). The number of amides is 1. The average Bonchev–Trinajstić information content (AvgIpc) is 2.95. The Hall–Kier alpha value is -2.14. The number of rotatable bonds is 7. The lowest BCUT2D eigenvalue weighted by atomic mass is 9.78. The van der Waals surface area contributed by atoms with Gasteiger partial charge in [0.2, 0.25) is 5.91 Å². The first-order chi connectivity index (χ1) is 13.5. The van der Waals surface area contributed by atoms with Gasteiger partial charge in [-0.2, -0.15) is 5.10 Å².